The van der Waals surface area contributed by atoms with E-state index in [1.54, 1.807) is 46.9 Å². The van der Waals surface area contributed by atoms with Gasteiger partial charge >= 0.3 is 0 Å². The van der Waals surface area contributed by atoms with Crippen LogP contribution in [-0.4, -0.2) is 3.79 Å². The van der Waals surface area contributed by atoms with Crippen LogP contribution >= 0.6 is 22.6 Å². The topological polar surface area (TPSA) is 17.1 Å². The molecule has 0 heterocycles. The molecular formula is C14H11F2IO. The minimum Gasteiger partial charge on any atom is -0.287 e. The Morgan fingerprint density at radius 3 is 2.44 bits per heavy atom. The molecule has 0 spiro atoms. The summed E-state index contributed by atoms with van der Waals surface area (Å²) in [5.74, 6) is -0.577. The molecule has 1 aromatic carbocycles. The van der Waals surface area contributed by atoms with Crippen LogP contribution < -0.4 is 0 Å². The van der Waals surface area contributed by atoms with Gasteiger partial charge in [-0.05, 0) is 39.8 Å². The highest BCUT2D eigenvalue weighted by molar-refractivity contribution is 14.1. The van der Waals surface area contributed by atoms with Crippen LogP contribution in [0.3, 0.4) is 0 Å². The maximum atomic E-state index is 13.6. The summed E-state index contributed by atoms with van der Waals surface area (Å²) in [5.41, 5.74) is 1.83. The van der Waals surface area contributed by atoms with Crippen molar-refractivity contribution in [3.05, 3.63) is 53.1 Å². The van der Waals surface area contributed by atoms with Crippen LogP contribution in [0.15, 0.2) is 42.0 Å². The largest absolute Gasteiger partial charge is 0.287 e. The molecule has 2 rings (SSSR count). The van der Waals surface area contributed by atoms with Gasteiger partial charge in [-0.25, -0.2) is 8.78 Å². The molecule has 0 N–H and O–H groups in total. The average molecular weight is 360 g/mol. The van der Waals surface area contributed by atoms with Crippen LogP contribution in [0.25, 0.3) is 5.57 Å². The minimum absolute atomic E-state index is 0.0503. The van der Waals surface area contributed by atoms with Gasteiger partial charge in [-0.2, -0.15) is 0 Å². The molecule has 1 aliphatic carbocycles. The van der Waals surface area contributed by atoms with Crippen molar-refractivity contribution in [1.82, 2.24) is 0 Å². The van der Waals surface area contributed by atoms with Gasteiger partial charge in [-0.15, -0.1) is 0 Å². The second kappa shape index (κ2) is 5.73. The number of halogens is 3. The van der Waals surface area contributed by atoms with E-state index >= 15 is 0 Å². The number of benzene rings is 1. The van der Waals surface area contributed by atoms with Crippen molar-refractivity contribution in [3.63, 3.8) is 0 Å². The van der Waals surface area contributed by atoms with E-state index in [2.05, 4.69) is 0 Å². The monoisotopic (exact) mass is 360 g/mol. The highest BCUT2D eigenvalue weighted by Crippen LogP contribution is 2.32. The zero-order chi connectivity index (χ0) is 13.1. The molecule has 0 bridgehead atoms. The summed E-state index contributed by atoms with van der Waals surface area (Å²) < 4.78 is 26.8. The second-order valence-electron chi connectivity index (χ2n) is 4.14. The molecule has 1 aromatic rings. The van der Waals surface area contributed by atoms with Crippen LogP contribution in [0.1, 0.15) is 24.0 Å². The molecule has 0 unspecified atom stereocenters. The van der Waals surface area contributed by atoms with Gasteiger partial charge in [-0.3, -0.25) is 4.79 Å². The Kier molecular flexibility index (Phi) is 4.27. The molecule has 94 valence electrons. The van der Waals surface area contributed by atoms with Gasteiger partial charge in [0.15, 0.2) is 3.79 Å². The Bertz CT molecular complexity index is 529. The molecule has 0 saturated carbocycles. The first-order chi connectivity index (χ1) is 8.56. The van der Waals surface area contributed by atoms with E-state index in [1.807, 2.05) is 0 Å². The van der Waals surface area contributed by atoms with Gasteiger partial charge in [0.05, 0.1) is 0 Å². The Hall–Kier alpha value is -1.04. The molecule has 0 aromatic heterocycles. The second-order valence-corrected chi connectivity index (χ2v) is 5.34. The third kappa shape index (κ3) is 3.25. The van der Waals surface area contributed by atoms with E-state index < -0.39 is 0 Å². The minimum atomic E-state index is -0.294. The summed E-state index contributed by atoms with van der Waals surface area (Å²) >= 11 is 1.74. The van der Waals surface area contributed by atoms with Crippen LogP contribution in [0.5, 0.6) is 0 Å². The normalized spacial score (nSPS) is 15.6. The zero-order valence-corrected chi connectivity index (χ0v) is 11.7. The summed E-state index contributed by atoms with van der Waals surface area (Å²) in [6, 6.07) is 6.98. The molecule has 1 aliphatic rings. The molecule has 1 nitrogen and oxygen atoms in total. The fraction of sp³-hybridized carbons (Fsp3) is 0.214. The molecule has 0 aliphatic heterocycles. The van der Waals surface area contributed by atoms with E-state index in [1.165, 1.54) is 6.08 Å². The number of hydrogen-bond acceptors (Lipinski definition) is 1. The smallest absolute Gasteiger partial charge is 0.196 e. The van der Waals surface area contributed by atoms with Gasteiger partial charge in [-0.1, -0.05) is 24.3 Å². The van der Waals surface area contributed by atoms with E-state index in [0.29, 0.717) is 17.6 Å². The van der Waals surface area contributed by atoms with Crippen molar-refractivity contribution in [1.29, 1.82) is 0 Å². The lowest BCUT2D eigenvalue weighted by molar-refractivity contribution is -0.108. The number of allylic oxidation sites excluding steroid dienone is 4. The first kappa shape index (κ1) is 13.4. The molecule has 0 atom stereocenters. The van der Waals surface area contributed by atoms with Gasteiger partial charge < -0.3 is 0 Å². The van der Waals surface area contributed by atoms with Crippen molar-refractivity contribution in [2.75, 3.05) is 0 Å². The highest BCUT2D eigenvalue weighted by Gasteiger charge is 2.14. The predicted molar refractivity (Wildman–Crippen MR) is 75.6 cm³/mol. The predicted octanol–water partition coefficient (Wildman–Crippen LogP) is 4.52. The van der Waals surface area contributed by atoms with Crippen molar-refractivity contribution in [2.45, 2.75) is 19.3 Å². The van der Waals surface area contributed by atoms with E-state index in [9.17, 15) is 13.6 Å². The highest BCUT2D eigenvalue weighted by atomic mass is 127. The summed E-state index contributed by atoms with van der Waals surface area (Å²) in [7, 11) is 0. The standard InChI is InChI=1S/C14H11F2IO/c15-11-5-6-13(16)12(8-11)10-3-1-9(2-4-10)7-14(17)18/h1-4,8H,5-7H2. The first-order valence-corrected chi connectivity index (χ1v) is 6.66. The Morgan fingerprint density at radius 1 is 1.17 bits per heavy atom. The summed E-state index contributed by atoms with van der Waals surface area (Å²) in [6.07, 6.45) is 1.85. The lowest BCUT2D eigenvalue weighted by atomic mass is 9.97. The summed E-state index contributed by atoms with van der Waals surface area (Å²) in [4.78, 5) is 11.0. The maximum absolute atomic E-state index is 13.6. The van der Waals surface area contributed by atoms with Crippen molar-refractivity contribution < 1.29 is 13.6 Å². The fourth-order valence-corrected chi connectivity index (χ4v) is 2.31. The molecule has 0 saturated heterocycles. The summed E-state index contributed by atoms with van der Waals surface area (Å²) in [5, 5.41) is 0. The number of carbonyl (C=O) groups is 1. The lowest BCUT2D eigenvalue weighted by Gasteiger charge is -2.11. The molecule has 0 fully saturated rings. The first-order valence-electron chi connectivity index (χ1n) is 5.58. The Morgan fingerprint density at radius 2 is 1.83 bits per heavy atom. The van der Waals surface area contributed by atoms with E-state index in [-0.39, 0.29) is 28.3 Å². The Labute approximate surface area is 118 Å². The van der Waals surface area contributed by atoms with Crippen molar-refractivity contribution in [3.8, 4) is 0 Å². The SMILES string of the molecule is O=C(I)Cc1ccc(C2=C(F)CCC(F)=C2)cc1. The van der Waals surface area contributed by atoms with E-state index in [4.69, 9.17) is 0 Å². The molecule has 0 amide bonds. The van der Waals surface area contributed by atoms with Crippen molar-refractivity contribution >= 4 is 32.0 Å². The third-order valence-electron chi connectivity index (χ3n) is 2.78. The third-order valence-corrected chi connectivity index (χ3v) is 3.17. The van der Waals surface area contributed by atoms with Gasteiger partial charge in [0, 0.05) is 24.8 Å². The van der Waals surface area contributed by atoms with Crippen LogP contribution in [-0.2, 0) is 11.2 Å². The lowest BCUT2D eigenvalue weighted by Crippen LogP contribution is -1.96. The van der Waals surface area contributed by atoms with Gasteiger partial charge in [0.2, 0.25) is 0 Å². The molecule has 18 heavy (non-hydrogen) atoms. The van der Waals surface area contributed by atoms with Gasteiger partial charge in [0.25, 0.3) is 0 Å². The molecule has 4 heteroatoms. The number of hydrogen-bond donors (Lipinski definition) is 0. The van der Waals surface area contributed by atoms with Crippen LogP contribution in [0, 0.1) is 0 Å². The quantitative estimate of drug-likeness (QED) is 0.572. The Balaban J connectivity index is 2.27. The maximum Gasteiger partial charge on any atom is 0.196 e. The fourth-order valence-electron chi connectivity index (χ4n) is 1.87. The molecule has 0 radical (unpaired) electrons. The van der Waals surface area contributed by atoms with Crippen LogP contribution in [0.4, 0.5) is 8.78 Å². The average Bonchev–Trinajstić information content (AvgIpc) is 2.33. The molecular weight excluding hydrogens is 349 g/mol. The van der Waals surface area contributed by atoms with Crippen molar-refractivity contribution in [2.24, 2.45) is 0 Å². The zero-order valence-electron chi connectivity index (χ0n) is 9.55. The number of rotatable bonds is 3. The van der Waals surface area contributed by atoms with Gasteiger partial charge in [0.1, 0.15) is 11.7 Å². The van der Waals surface area contributed by atoms with E-state index in [0.717, 1.165) is 5.56 Å². The number of carbonyl (C=O) groups excluding carboxylic acids is 1. The summed E-state index contributed by atoms with van der Waals surface area (Å²) in [6.45, 7) is 0. The van der Waals surface area contributed by atoms with Crippen LogP contribution in [0.2, 0.25) is 0 Å².